The third kappa shape index (κ3) is 27.5. The van der Waals surface area contributed by atoms with Gasteiger partial charge in [-0.2, -0.15) is 0 Å². The maximum absolute atomic E-state index is 14.3. The van der Waals surface area contributed by atoms with Crippen molar-refractivity contribution in [2.75, 3.05) is 78.5 Å². The molecule has 113 heavy (non-hydrogen) atoms. The Morgan fingerprint density at radius 1 is 0.442 bits per heavy atom. The van der Waals surface area contributed by atoms with Crippen LogP contribution in [0.5, 0.6) is 0 Å². The second-order valence-electron chi connectivity index (χ2n) is 29.3. The van der Waals surface area contributed by atoms with Crippen molar-refractivity contribution in [3.8, 4) is 0 Å². The van der Waals surface area contributed by atoms with Crippen LogP contribution in [-0.2, 0) is 91.1 Å². The van der Waals surface area contributed by atoms with Gasteiger partial charge in [-0.25, -0.2) is 4.79 Å². The Balaban J connectivity index is 1.06. The van der Waals surface area contributed by atoms with E-state index < -0.39 is 267 Å². The summed E-state index contributed by atoms with van der Waals surface area (Å²) in [4.78, 5) is 257. The van der Waals surface area contributed by atoms with Crippen LogP contribution in [-0.4, -0.2) is 343 Å². The van der Waals surface area contributed by atoms with Crippen molar-refractivity contribution in [1.29, 1.82) is 0 Å². The molecule has 44 heteroatoms. The number of hydrogen-bond acceptors (Lipinski definition) is 25. The van der Waals surface area contributed by atoms with E-state index in [0.29, 0.717) is 25.7 Å². The van der Waals surface area contributed by atoms with Crippen LogP contribution in [0, 0.1) is 11.8 Å². The summed E-state index contributed by atoms with van der Waals surface area (Å²) in [7, 11) is 0. The molecule has 632 valence electrons. The topological polar surface area (TPSA) is 658 Å². The first kappa shape index (κ1) is 93.3. The number of nitrogens with one attached hydrogen (secondary N) is 12. The SMILES string of the molecule is CC[C@H](C)[C@H](NC(=O)[C@@H]1CCCN1C(=O)CNC(=O)[C@@H](NC(=O)[C@H](CC(C)C)NC(=O)CN)[C@@H](C)O)C(=O)NCC(=O)N1CCC[C@H]1C(=O)N1C[C@H](O)C[C@H]1C(=O)NCC(=O)N1CCC[C@H]1C(=O)N[C@@H](C)C(=O)NCC(=O)N[C@@H](C)C(=O)N1C[C@H](O)C[C@H]1C(=O)NCC(=O)N[C@@H](CC(=O)O)C(=O)N[C@@H](CC[C@@H](O)CN)C(=O)O. The van der Waals surface area contributed by atoms with Crippen LogP contribution in [0.15, 0.2) is 0 Å². The molecule has 0 aromatic carbocycles. The van der Waals surface area contributed by atoms with Gasteiger partial charge >= 0.3 is 11.9 Å². The molecule has 0 unspecified atom stereocenters. The number of carboxylic acid groups (broad SMARTS) is 2. The van der Waals surface area contributed by atoms with Crippen LogP contribution in [0.3, 0.4) is 0 Å². The number of nitrogens with zero attached hydrogens (tertiary/aromatic N) is 5. The molecule has 0 bridgehead atoms. The summed E-state index contributed by atoms with van der Waals surface area (Å²) < 4.78 is 0. The standard InChI is InChI=1S/C69H111N19O25/c1-8-34(4)56(82-64(107)45-13-10-18-85(45)53(97)29-76-66(109)57(37(7)89)83-60(103)42(20-33(2)3)79-49(93)25-71)65(108)75-30-54(98)86-19-11-14-46(86)68(111)88-32-40(92)22-48(88)62(105)74-28-52(96)84-17-9-12-44(84)63(106)78-35(5)58(101)72-26-50(94)77-36(6)67(110)87-31-39(91)21-47(87)61(104)73-27-51(95)80-43(23-55(99)100)59(102)81-41(69(112)113)16-15-38(90)24-70/h33-48,56-57,89-92H,8-32,70-71H2,1-7H3,(H,72,101)(H,73,104)(H,74,105)(H,75,108)(H,76,109)(H,77,94)(H,78,106)(H,79,93)(H,80,95)(H,81,102)(H,82,107)(H,83,103)(H,99,100)(H,112,113)/t34-,35-,36-,37+,38+,39+,40+,41-,42-,43-,44-,45-,46-,47-,48-,56-,57-/m0/s1. The Morgan fingerprint density at radius 3 is 1.42 bits per heavy atom. The van der Waals surface area contributed by atoms with E-state index in [1.54, 1.807) is 27.7 Å². The lowest BCUT2D eigenvalue weighted by Crippen LogP contribution is -2.59. The average molecular weight is 1610 g/mol. The van der Waals surface area contributed by atoms with Gasteiger partial charge in [0.15, 0.2) is 0 Å². The average Bonchev–Trinajstić information content (AvgIpc) is 1.67. The number of carboxylic acids is 2. The number of likely N-dealkylation sites (tertiary alicyclic amines) is 5. The van der Waals surface area contributed by atoms with Gasteiger partial charge < -0.3 is 130 Å². The molecule has 5 rings (SSSR count). The normalized spacial score (nSPS) is 21.9. The van der Waals surface area contributed by atoms with Crippen molar-refractivity contribution < 1.29 is 122 Å². The highest BCUT2D eigenvalue weighted by Gasteiger charge is 2.47. The van der Waals surface area contributed by atoms with Crippen LogP contribution in [0.4, 0.5) is 0 Å². The number of amides is 17. The molecule has 5 fully saturated rings. The Labute approximate surface area is 650 Å². The number of rotatable bonds is 41. The monoisotopic (exact) mass is 1610 g/mol. The minimum absolute atomic E-state index is 0.0598. The van der Waals surface area contributed by atoms with Gasteiger partial charge in [0, 0.05) is 52.1 Å². The molecule has 17 atom stereocenters. The van der Waals surface area contributed by atoms with Crippen LogP contribution < -0.4 is 75.3 Å². The van der Waals surface area contributed by atoms with Crippen LogP contribution in [0.2, 0.25) is 0 Å². The fraction of sp³-hybridized carbons (Fsp3) is 0.725. The first-order chi connectivity index (χ1) is 53.2. The zero-order valence-electron chi connectivity index (χ0n) is 64.4. The summed E-state index contributed by atoms with van der Waals surface area (Å²) >= 11 is 0. The number of carbonyl (C=O) groups excluding carboxylic acids is 17. The van der Waals surface area contributed by atoms with Crippen LogP contribution in [0.25, 0.3) is 0 Å². The lowest BCUT2D eigenvalue weighted by Gasteiger charge is -2.31. The maximum Gasteiger partial charge on any atom is 0.326 e. The first-order valence-electron chi connectivity index (χ1n) is 37.8. The van der Waals surface area contributed by atoms with E-state index in [9.17, 15) is 122 Å². The third-order valence-corrected chi connectivity index (χ3v) is 20.0. The van der Waals surface area contributed by atoms with E-state index in [4.69, 9.17) is 11.5 Å². The van der Waals surface area contributed by atoms with E-state index in [-0.39, 0.29) is 90.0 Å². The maximum atomic E-state index is 14.3. The predicted molar refractivity (Wildman–Crippen MR) is 390 cm³/mol. The van der Waals surface area contributed by atoms with E-state index in [0.717, 1.165) is 9.80 Å². The van der Waals surface area contributed by atoms with Gasteiger partial charge in [0.25, 0.3) is 0 Å². The third-order valence-electron chi connectivity index (χ3n) is 20.0. The van der Waals surface area contributed by atoms with Crippen LogP contribution in [0.1, 0.15) is 132 Å². The highest BCUT2D eigenvalue weighted by atomic mass is 16.4. The molecule has 0 aliphatic carbocycles. The van der Waals surface area contributed by atoms with Gasteiger partial charge in [-0.3, -0.25) is 86.3 Å². The zero-order valence-corrected chi connectivity index (χ0v) is 64.4. The quantitative estimate of drug-likeness (QED) is 0.0270. The van der Waals surface area contributed by atoms with Gasteiger partial charge in [-0.1, -0.05) is 34.1 Å². The lowest BCUT2D eigenvalue weighted by atomic mass is 9.97. The minimum atomic E-state index is -1.83. The molecule has 22 N–H and O–H groups in total. The molecule has 0 radical (unpaired) electrons. The summed E-state index contributed by atoms with van der Waals surface area (Å²) in [5, 5.41) is 88.9. The summed E-state index contributed by atoms with van der Waals surface area (Å²) in [5.41, 5.74) is 10.7. The van der Waals surface area contributed by atoms with E-state index in [1.165, 1.54) is 35.5 Å². The molecule has 5 aliphatic heterocycles. The molecule has 0 aromatic heterocycles. The van der Waals surface area contributed by atoms with Crippen molar-refractivity contribution in [3.05, 3.63) is 0 Å². The summed E-state index contributed by atoms with van der Waals surface area (Å²) in [5.74, 6) is -17.8. The van der Waals surface area contributed by atoms with Crippen molar-refractivity contribution in [3.63, 3.8) is 0 Å². The number of hydrogen-bond donors (Lipinski definition) is 20. The van der Waals surface area contributed by atoms with Gasteiger partial charge in [0.1, 0.15) is 72.5 Å². The zero-order chi connectivity index (χ0) is 84.4. The molecule has 0 aromatic rings. The number of aliphatic hydroxyl groups excluding tert-OH is 4. The van der Waals surface area contributed by atoms with Crippen LogP contribution >= 0.6 is 0 Å². The largest absolute Gasteiger partial charge is 0.481 e. The van der Waals surface area contributed by atoms with Crippen molar-refractivity contribution >= 4 is 112 Å². The molecule has 0 saturated carbocycles. The Morgan fingerprint density at radius 2 is 0.903 bits per heavy atom. The number of β-amino-alcohol motifs (C(OH)–C–C–N with tert-alkyl or cyclic N) is 2. The fourth-order valence-electron chi connectivity index (χ4n) is 13.7. The van der Waals surface area contributed by atoms with Crippen molar-refractivity contribution in [1.82, 2.24) is 88.3 Å². The molecule has 17 amide bonds. The molecule has 44 nitrogen and oxygen atoms in total. The molecular weight excluding hydrogens is 1490 g/mol. The van der Waals surface area contributed by atoms with E-state index in [2.05, 4.69) is 63.8 Å². The second kappa shape index (κ2) is 44.2. The fourth-order valence-corrected chi connectivity index (χ4v) is 13.7. The summed E-state index contributed by atoms with van der Waals surface area (Å²) in [6.07, 6.45) is -4.93. The first-order valence-corrected chi connectivity index (χ1v) is 37.8. The molecule has 5 aliphatic rings. The van der Waals surface area contributed by atoms with Gasteiger partial charge in [0.05, 0.1) is 70.1 Å². The highest BCUT2D eigenvalue weighted by molar-refractivity contribution is 6.01. The minimum Gasteiger partial charge on any atom is -0.481 e. The number of nitrogens with two attached hydrogens (primary N) is 2. The van der Waals surface area contributed by atoms with Gasteiger partial charge in [-0.15, -0.1) is 0 Å². The van der Waals surface area contributed by atoms with Crippen molar-refractivity contribution in [2.24, 2.45) is 23.3 Å². The number of aliphatic carboxylic acids is 2. The Kier molecular flexibility index (Phi) is 36.5. The number of carbonyl (C=O) groups is 19. The van der Waals surface area contributed by atoms with Crippen molar-refractivity contribution in [2.45, 2.75) is 229 Å². The lowest BCUT2D eigenvalue weighted by molar-refractivity contribution is -0.147. The number of aliphatic hydroxyl groups is 4. The molecule has 5 saturated heterocycles. The van der Waals surface area contributed by atoms with Gasteiger partial charge in [-0.05, 0) is 90.4 Å². The highest BCUT2D eigenvalue weighted by Crippen LogP contribution is 2.27. The van der Waals surface area contributed by atoms with Gasteiger partial charge in [0.2, 0.25) is 100 Å². The second-order valence-corrected chi connectivity index (χ2v) is 29.3. The summed E-state index contributed by atoms with van der Waals surface area (Å²) in [6, 6.07) is -16.1. The predicted octanol–water partition coefficient (Wildman–Crippen LogP) is -11.0. The van der Waals surface area contributed by atoms with E-state index >= 15 is 0 Å². The Bertz CT molecular complexity index is 3500. The molecule has 0 spiro atoms. The summed E-state index contributed by atoms with van der Waals surface area (Å²) in [6.45, 7) is 6.16. The van der Waals surface area contributed by atoms with E-state index in [1.807, 2.05) is 0 Å². The Hall–Kier alpha value is -10.3. The smallest absolute Gasteiger partial charge is 0.326 e. The molecular formula is C69H111N19O25. The molecule has 5 heterocycles.